The molecule has 0 aliphatic carbocycles. The highest BCUT2D eigenvalue weighted by Gasteiger charge is 2.27. The van der Waals surface area contributed by atoms with Gasteiger partial charge < -0.3 is 9.47 Å². The van der Waals surface area contributed by atoms with Gasteiger partial charge in [-0.2, -0.15) is 0 Å². The van der Waals surface area contributed by atoms with Crippen LogP contribution in [0, 0.1) is 5.92 Å². The van der Waals surface area contributed by atoms with E-state index in [0.29, 0.717) is 22.8 Å². The number of carbonyl (C=O) groups is 2. The van der Waals surface area contributed by atoms with Crippen molar-refractivity contribution >= 4 is 23.4 Å². The van der Waals surface area contributed by atoms with Crippen molar-refractivity contribution < 1.29 is 19.1 Å². The molecule has 0 radical (unpaired) electrons. The molecule has 2 aromatic carbocycles. The van der Waals surface area contributed by atoms with Crippen molar-refractivity contribution in [3.05, 3.63) is 58.6 Å². The standard InChI is InChI=1S/C18H15ClO4/c1-11(20)12-2-5-16(6-3-12)23-18(21)14-8-13-9-15(19)4-7-17(13)22-10-14/h2-7,9,14H,8,10H2,1H3/t14-/m1/s1. The van der Waals surface area contributed by atoms with Crippen LogP contribution in [0.15, 0.2) is 42.5 Å². The number of carbonyl (C=O) groups excluding carboxylic acids is 2. The molecule has 0 saturated heterocycles. The van der Waals surface area contributed by atoms with Gasteiger partial charge in [-0.05, 0) is 61.4 Å². The third-order valence-electron chi connectivity index (χ3n) is 3.74. The summed E-state index contributed by atoms with van der Waals surface area (Å²) in [6.07, 6.45) is 0.528. The Kier molecular flexibility index (Phi) is 4.35. The summed E-state index contributed by atoms with van der Waals surface area (Å²) >= 11 is 5.97. The molecular weight excluding hydrogens is 316 g/mol. The van der Waals surface area contributed by atoms with Gasteiger partial charge in [-0.25, -0.2) is 0 Å². The van der Waals surface area contributed by atoms with E-state index in [2.05, 4.69) is 0 Å². The van der Waals surface area contributed by atoms with Crippen molar-refractivity contribution in [1.82, 2.24) is 0 Å². The normalized spacial score (nSPS) is 16.2. The Morgan fingerprint density at radius 1 is 1.17 bits per heavy atom. The first-order chi connectivity index (χ1) is 11.0. The van der Waals surface area contributed by atoms with Gasteiger partial charge in [0.15, 0.2) is 5.78 Å². The smallest absolute Gasteiger partial charge is 0.318 e. The lowest BCUT2D eigenvalue weighted by Crippen LogP contribution is -2.31. The van der Waals surface area contributed by atoms with Gasteiger partial charge in [0.25, 0.3) is 0 Å². The minimum absolute atomic E-state index is 0.0305. The molecule has 3 rings (SSSR count). The second-order valence-corrected chi connectivity index (χ2v) is 5.90. The molecule has 0 fully saturated rings. The Bertz CT molecular complexity index is 752. The number of ether oxygens (including phenoxy) is 2. The number of ketones is 1. The minimum Gasteiger partial charge on any atom is -0.492 e. The number of benzene rings is 2. The summed E-state index contributed by atoms with van der Waals surface area (Å²) in [6.45, 7) is 1.77. The fourth-order valence-electron chi connectivity index (χ4n) is 2.47. The Labute approximate surface area is 139 Å². The first kappa shape index (κ1) is 15.6. The largest absolute Gasteiger partial charge is 0.492 e. The number of Topliss-reactive ketones (excluding diaryl/α,β-unsaturated/α-hetero) is 1. The Hall–Kier alpha value is -2.33. The van der Waals surface area contributed by atoms with E-state index >= 15 is 0 Å². The molecular formula is C18H15ClO4. The van der Waals surface area contributed by atoms with Gasteiger partial charge in [-0.15, -0.1) is 0 Å². The Morgan fingerprint density at radius 3 is 2.61 bits per heavy atom. The fraction of sp³-hybridized carbons (Fsp3) is 0.222. The summed E-state index contributed by atoms with van der Waals surface area (Å²) in [6, 6.07) is 11.9. The molecule has 4 nitrogen and oxygen atoms in total. The zero-order chi connectivity index (χ0) is 16.4. The lowest BCUT2D eigenvalue weighted by atomic mass is 9.97. The lowest BCUT2D eigenvalue weighted by molar-refractivity contribution is -0.140. The molecule has 118 valence electrons. The van der Waals surface area contributed by atoms with Crippen molar-refractivity contribution in [2.75, 3.05) is 6.61 Å². The summed E-state index contributed by atoms with van der Waals surface area (Å²) < 4.78 is 11.0. The van der Waals surface area contributed by atoms with Gasteiger partial charge in [-0.1, -0.05) is 11.6 Å². The van der Waals surface area contributed by atoms with Gasteiger partial charge in [-0.3, -0.25) is 9.59 Å². The molecule has 1 atom stereocenters. The van der Waals surface area contributed by atoms with Crippen LogP contribution in [0.4, 0.5) is 0 Å². The summed E-state index contributed by atoms with van der Waals surface area (Å²) in [5.74, 6) is 0.401. The maximum Gasteiger partial charge on any atom is 0.318 e. The SMILES string of the molecule is CC(=O)c1ccc(OC(=O)[C@H]2COc3ccc(Cl)cc3C2)cc1. The summed E-state index contributed by atoms with van der Waals surface area (Å²) in [5, 5.41) is 0.612. The van der Waals surface area contributed by atoms with Crippen molar-refractivity contribution in [1.29, 1.82) is 0 Å². The third-order valence-corrected chi connectivity index (χ3v) is 3.98. The number of esters is 1. The Morgan fingerprint density at radius 2 is 1.91 bits per heavy atom. The van der Waals surface area contributed by atoms with Crippen LogP contribution < -0.4 is 9.47 Å². The number of halogens is 1. The summed E-state index contributed by atoms with van der Waals surface area (Å²) in [5.41, 5.74) is 1.48. The highest BCUT2D eigenvalue weighted by Crippen LogP contribution is 2.30. The zero-order valence-corrected chi connectivity index (χ0v) is 13.3. The molecule has 1 aliphatic heterocycles. The van der Waals surface area contributed by atoms with Crippen LogP contribution in [-0.4, -0.2) is 18.4 Å². The molecule has 5 heteroatoms. The van der Waals surface area contributed by atoms with E-state index in [-0.39, 0.29) is 24.3 Å². The summed E-state index contributed by atoms with van der Waals surface area (Å²) in [7, 11) is 0. The Balaban J connectivity index is 1.68. The van der Waals surface area contributed by atoms with Gasteiger partial charge in [0.1, 0.15) is 18.1 Å². The molecule has 0 unspecified atom stereocenters. The monoisotopic (exact) mass is 330 g/mol. The highest BCUT2D eigenvalue weighted by molar-refractivity contribution is 6.30. The topological polar surface area (TPSA) is 52.6 Å². The average Bonchev–Trinajstić information content (AvgIpc) is 2.54. The van der Waals surface area contributed by atoms with Crippen LogP contribution in [0.25, 0.3) is 0 Å². The molecule has 23 heavy (non-hydrogen) atoms. The molecule has 0 amide bonds. The summed E-state index contributed by atoms with van der Waals surface area (Å²) in [4.78, 5) is 23.5. The molecule has 1 aliphatic rings. The van der Waals surface area contributed by atoms with E-state index in [4.69, 9.17) is 21.1 Å². The number of hydrogen-bond acceptors (Lipinski definition) is 4. The van der Waals surface area contributed by atoms with Gasteiger partial charge in [0, 0.05) is 10.6 Å². The van der Waals surface area contributed by atoms with Crippen molar-refractivity contribution in [2.45, 2.75) is 13.3 Å². The first-order valence-electron chi connectivity index (χ1n) is 7.27. The minimum atomic E-state index is -0.381. The van der Waals surface area contributed by atoms with Crippen LogP contribution in [0.5, 0.6) is 11.5 Å². The number of hydrogen-bond donors (Lipinski definition) is 0. The maximum absolute atomic E-state index is 12.3. The van der Waals surface area contributed by atoms with Crippen molar-refractivity contribution in [2.24, 2.45) is 5.92 Å². The van der Waals surface area contributed by atoms with E-state index < -0.39 is 0 Å². The van der Waals surface area contributed by atoms with Gasteiger partial charge >= 0.3 is 5.97 Å². The van der Waals surface area contributed by atoms with E-state index in [1.165, 1.54) is 6.92 Å². The molecule has 0 saturated carbocycles. The molecule has 1 heterocycles. The van der Waals surface area contributed by atoms with Crippen molar-refractivity contribution in [3.8, 4) is 11.5 Å². The third kappa shape index (κ3) is 3.54. The fourth-order valence-corrected chi connectivity index (χ4v) is 2.67. The zero-order valence-electron chi connectivity index (χ0n) is 12.5. The molecule has 0 bridgehead atoms. The highest BCUT2D eigenvalue weighted by atomic mass is 35.5. The molecule has 0 N–H and O–H groups in total. The second-order valence-electron chi connectivity index (χ2n) is 5.47. The van der Waals surface area contributed by atoms with Crippen LogP contribution in [0.1, 0.15) is 22.8 Å². The van der Waals surface area contributed by atoms with Gasteiger partial charge in [0.2, 0.25) is 0 Å². The quantitative estimate of drug-likeness (QED) is 0.489. The predicted octanol–water partition coefficient (Wildman–Crippen LogP) is 3.70. The van der Waals surface area contributed by atoms with Crippen molar-refractivity contribution in [3.63, 3.8) is 0 Å². The molecule has 0 aromatic heterocycles. The average molecular weight is 331 g/mol. The van der Waals surface area contributed by atoms with Gasteiger partial charge in [0.05, 0.1) is 5.92 Å². The van der Waals surface area contributed by atoms with E-state index in [1.54, 1.807) is 42.5 Å². The van der Waals surface area contributed by atoms with Crippen LogP contribution in [0.3, 0.4) is 0 Å². The maximum atomic E-state index is 12.3. The molecule has 2 aromatic rings. The van der Waals surface area contributed by atoms with E-state index in [1.807, 2.05) is 0 Å². The van der Waals surface area contributed by atoms with Crippen LogP contribution in [-0.2, 0) is 11.2 Å². The first-order valence-corrected chi connectivity index (χ1v) is 7.64. The molecule has 0 spiro atoms. The number of rotatable bonds is 3. The van der Waals surface area contributed by atoms with E-state index in [0.717, 1.165) is 11.3 Å². The predicted molar refractivity (Wildman–Crippen MR) is 86.2 cm³/mol. The number of fused-ring (bicyclic) bond motifs is 1. The second kappa shape index (κ2) is 6.42. The lowest BCUT2D eigenvalue weighted by Gasteiger charge is -2.24. The van der Waals surface area contributed by atoms with E-state index in [9.17, 15) is 9.59 Å². The van der Waals surface area contributed by atoms with Crippen LogP contribution >= 0.6 is 11.6 Å². The van der Waals surface area contributed by atoms with Crippen LogP contribution in [0.2, 0.25) is 5.02 Å².